The van der Waals surface area contributed by atoms with Gasteiger partial charge in [0.1, 0.15) is 5.82 Å². The first-order valence-corrected chi connectivity index (χ1v) is 4.33. The second-order valence-corrected chi connectivity index (χ2v) is 2.84. The molecular formula is C10H15ClFNO2. The van der Waals surface area contributed by atoms with Gasteiger partial charge in [-0.3, -0.25) is 0 Å². The molecule has 0 spiro atoms. The fourth-order valence-corrected chi connectivity index (χ4v) is 1.24. The van der Waals surface area contributed by atoms with Gasteiger partial charge in [0.25, 0.3) is 0 Å². The number of hydrogen-bond donors (Lipinski definition) is 1. The first-order valence-electron chi connectivity index (χ1n) is 4.33. The summed E-state index contributed by atoms with van der Waals surface area (Å²) in [4.78, 5) is 0. The maximum absolute atomic E-state index is 13.3. The van der Waals surface area contributed by atoms with E-state index in [1.54, 1.807) is 6.07 Å². The fourth-order valence-electron chi connectivity index (χ4n) is 1.24. The van der Waals surface area contributed by atoms with Crippen LogP contribution in [0.3, 0.4) is 0 Å². The molecule has 0 aliphatic rings. The van der Waals surface area contributed by atoms with Crippen molar-refractivity contribution in [2.45, 2.75) is 6.42 Å². The summed E-state index contributed by atoms with van der Waals surface area (Å²) < 4.78 is 23.3. The first-order chi connectivity index (χ1) is 6.72. The molecule has 0 aliphatic heterocycles. The third-order valence-corrected chi connectivity index (χ3v) is 1.97. The average molecular weight is 236 g/mol. The Morgan fingerprint density at radius 3 is 2.20 bits per heavy atom. The van der Waals surface area contributed by atoms with E-state index in [0.29, 0.717) is 30.0 Å². The number of methoxy groups -OCH3 is 2. The van der Waals surface area contributed by atoms with Crippen LogP contribution in [0, 0.1) is 5.82 Å². The highest BCUT2D eigenvalue weighted by Gasteiger charge is 2.09. The van der Waals surface area contributed by atoms with Crippen LogP contribution in [-0.4, -0.2) is 20.8 Å². The molecule has 0 bridgehead atoms. The zero-order chi connectivity index (χ0) is 10.6. The quantitative estimate of drug-likeness (QED) is 0.865. The van der Waals surface area contributed by atoms with Crippen molar-refractivity contribution in [3.63, 3.8) is 0 Å². The molecule has 0 heterocycles. The molecule has 15 heavy (non-hydrogen) atoms. The summed E-state index contributed by atoms with van der Waals surface area (Å²) >= 11 is 0. The second-order valence-electron chi connectivity index (χ2n) is 2.84. The molecule has 0 atom stereocenters. The van der Waals surface area contributed by atoms with E-state index in [9.17, 15) is 4.39 Å². The lowest BCUT2D eigenvalue weighted by Gasteiger charge is -2.10. The van der Waals surface area contributed by atoms with E-state index < -0.39 is 0 Å². The van der Waals surface area contributed by atoms with Crippen LogP contribution >= 0.6 is 12.4 Å². The van der Waals surface area contributed by atoms with Gasteiger partial charge in [0.15, 0.2) is 11.5 Å². The molecule has 1 aromatic carbocycles. The number of benzene rings is 1. The lowest BCUT2D eigenvalue weighted by Crippen LogP contribution is -2.05. The van der Waals surface area contributed by atoms with Gasteiger partial charge in [0, 0.05) is 6.07 Å². The lowest BCUT2D eigenvalue weighted by atomic mass is 10.1. The van der Waals surface area contributed by atoms with Crippen molar-refractivity contribution in [1.29, 1.82) is 0 Å². The van der Waals surface area contributed by atoms with Crippen LogP contribution in [-0.2, 0) is 6.42 Å². The van der Waals surface area contributed by atoms with Gasteiger partial charge in [0.05, 0.1) is 14.2 Å². The molecule has 2 N–H and O–H groups in total. The van der Waals surface area contributed by atoms with Crippen molar-refractivity contribution in [2.75, 3.05) is 20.8 Å². The Hall–Kier alpha value is -1.00. The summed E-state index contributed by atoms with van der Waals surface area (Å²) in [6.07, 6.45) is 0.492. The van der Waals surface area contributed by atoms with Crippen molar-refractivity contribution in [3.8, 4) is 11.5 Å². The van der Waals surface area contributed by atoms with Crippen LogP contribution in [0.1, 0.15) is 5.56 Å². The molecule has 0 saturated heterocycles. The third kappa shape index (κ3) is 3.25. The normalized spacial score (nSPS) is 9.33. The van der Waals surface area contributed by atoms with Gasteiger partial charge in [0.2, 0.25) is 0 Å². The van der Waals surface area contributed by atoms with E-state index in [2.05, 4.69) is 0 Å². The van der Waals surface area contributed by atoms with Gasteiger partial charge in [-0.2, -0.15) is 0 Å². The molecule has 86 valence electrons. The van der Waals surface area contributed by atoms with Gasteiger partial charge < -0.3 is 15.2 Å². The largest absolute Gasteiger partial charge is 0.493 e. The Labute approximate surface area is 94.8 Å². The summed E-state index contributed by atoms with van der Waals surface area (Å²) in [6.45, 7) is 0.409. The highest BCUT2D eigenvalue weighted by Crippen LogP contribution is 2.29. The maximum Gasteiger partial charge on any atom is 0.163 e. The minimum absolute atomic E-state index is 0. The molecule has 0 radical (unpaired) electrons. The number of halogens is 2. The summed E-state index contributed by atoms with van der Waals surface area (Å²) in [5, 5.41) is 0. The monoisotopic (exact) mass is 235 g/mol. The predicted molar refractivity (Wildman–Crippen MR) is 59.5 cm³/mol. The van der Waals surface area contributed by atoms with E-state index >= 15 is 0 Å². The number of nitrogens with two attached hydrogens (primary N) is 1. The molecular weight excluding hydrogens is 221 g/mol. The highest BCUT2D eigenvalue weighted by molar-refractivity contribution is 5.85. The van der Waals surface area contributed by atoms with Crippen molar-refractivity contribution >= 4 is 12.4 Å². The predicted octanol–water partition coefficient (Wildman–Crippen LogP) is 1.77. The van der Waals surface area contributed by atoms with Gasteiger partial charge in [-0.1, -0.05) is 0 Å². The van der Waals surface area contributed by atoms with Crippen molar-refractivity contribution in [3.05, 3.63) is 23.5 Å². The topological polar surface area (TPSA) is 44.5 Å². The van der Waals surface area contributed by atoms with Gasteiger partial charge >= 0.3 is 0 Å². The lowest BCUT2D eigenvalue weighted by molar-refractivity contribution is 0.351. The Bertz CT molecular complexity index is 321. The molecule has 5 heteroatoms. The SMILES string of the molecule is COc1cc(F)c(CCN)cc1OC.Cl. The fraction of sp³-hybridized carbons (Fsp3) is 0.400. The molecule has 0 fully saturated rings. The van der Waals surface area contributed by atoms with Crippen molar-refractivity contribution in [1.82, 2.24) is 0 Å². The van der Waals surface area contributed by atoms with Crippen LogP contribution in [0.5, 0.6) is 11.5 Å². The zero-order valence-electron chi connectivity index (χ0n) is 8.75. The van der Waals surface area contributed by atoms with E-state index in [1.165, 1.54) is 20.3 Å². The van der Waals surface area contributed by atoms with Gasteiger partial charge in [-0.25, -0.2) is 4.39 Å². The van der Waals surface area contributed by atoms with E-state index in [0.717, 1.165) is 0 Å². The molecule has 0 unspecified atom stereocenters. The molecule has 0 aliphatic carbocycles. The summed E-state index contributed by atoms with van der Waals surface area (Å²) in [5.74, 6) is 0.608. The Morgan fingerprint density at radius 2 is 1.73 bits per heavy atom. The van der Waals surface area contributed by atoms with Crippen molar-refractivity contribution < 1.29 is 13.9 Å². The molecule has 1 aromatic rings. The van der Waals surface area contributed by atoms with E-state index in [-0.39, 0.29) is 18.2 Å². The Kier molecular flexibility index (Phi) is 6.05. The summed E-state index contributed by atoms with van der Waals surface area (Å²) in [5.41, 5.74) is 5.90. The van der Waals surface area contributed by atoms with Crippen LogP contribution in [0.15, 0.2) is 12.1 Å². The third-order valence-electron chi connectivity index (χ3n) is 1.97. The molecule has 3 nitrogen and oxygen atoms in total. The molecule has 0 amide bonds. The minimum Gasteiger partial charge on any atom is -0.493 e. The smallest absolute Gasteiger partial charge is 0.163 e. The van der Waals surface area contributed by atoms with Crippen LogP contribution in [0.2, 0.25) is 0 Å². The summed E-state index contributed by atoms with van der Waals surface area (Å²) in [6, 6.07) is 2.92. The van der Waals surface area contributed by atoms with Gasteiger partial charge in [-0.05, 0) is 24.6 Å². The van der Waals surface area contributed by atoms with Crippen LogP contribution in [0.25, 0.3) is 0 Å². The van der Waals surface area contributed by atoms with Crippen LogP contribution in [0.4, 0.5) is 4.39 Å². The standard InChI is InChI=1S/C10H14FNO2.ClH/c1-13-9-5-7(3-4-12)8(11)6-10(9)14-2;/h5-6H,3-4,12H2,1-2H3;1H. The maximum atomic E-state index is 13.3. The average Bonchev–Trinajstić information content (AvgIpc) is 2.20. The van der Waals surface area contributed by atoms with Crippen LogP contribution < -0.4 is 15.2 Å². The Morgan fingerprint density at radius 1 is 1.20 bits per heavy atom. The molecule has 0 aromatic heterocycles. The van der Waals surface area contributed by atoms with Crippen molar-refractivity contribution in [2.24, 2.45) is 5.73 Å². The van der Waals surface area contributed by atoms with E-state index in [4.69, 9.17) is 15.2 Å². The Balaban J connectivity index is 0.00000196. The highest BCUT2D eigenvalue weighted by atomic mass is 35.5. The molecule has 1 rings (SSSR count). The summed E-state index contributed by atoms with van der Waals surface area (Å²) in [7, 11) is 2.99. The van der Waals surface area contributed by atoms with Gasteiger partial charge in [-0.15, -0.1) is 12.4 Å². The second kappa shape index (κ2) is 6.48. The molecule has 0 saturated carbocycles. The number of ether oxygens (including phenoxy) is 2. The zero-order valence-corrected chi connectivity index (χ0v) is 9.57. The van der Waals surface area contributed by atoms with E-state index in [1.807, 2.05) is 0 Å². The minimum atomic E-state index is -0.312. The first kappa shape index (κ1) is 14.0. The number of rotatable bonds is 4. The number of hydrogen-bond acceptors (Lipinski definition) is 3.